The maximum absolute atomic E-state index is 12.7. The van der Waals surface area contributed by atoms with Crippen LogP contribution in [0.4, 0.5) is 0 Å². The van der Waals surface area contributed by atoms with Gasteiger partial charge in [0.1, 0.15) is 12.8 Å². The number of hydrogen-bond donors (Lipinski definition) is 1. The summed E-state index contributed by atoms with van der Waals surface area (Å²) in [5.74, 6) is -0.304. The quantitative estimate of drug-likeness (QED) is 0.691. The van der Waals surface area contributed by atoms with Gasteiger partial charge in [-0.1, -0.05) is 23.4 Å². The van der Waals surface area contributed by atoms with Gasteiger partial charge in [0.25, 0.3) is 11.5 Å². The molecule has 9 nitrogen and oxygen atoms in total. The summed E-state index contributed by atoms with van der Waals surface area (Å²) in [4.78, 5) is 39.0. The summed E-state index contributed by atoms with van der Waals surface area (Å²) >= 11 is 0. The van der Waals surface area contributed by atoms with E-state index in [1.54, 1.807) is 23.2 Å². The van der Waals surface area contributed by atoms with Crippen LogP contribution in [-0.2, 0) is 11.3 Å². The summed E-state index contributed by atoms with van der Waals surface area (Å²) in [6.07, 6.45) is 4.70. The first-order chi connectivity index (χ1) is 14.1. The molecule has 0 bridgehead atoms. The Morgan fingerprint density at radius 3 is 2.93 bits per heavy atom. The fourth-order valence-corrected chi connectivity index (χ4v) is 3.58. The van der Waals surface area contributed by atoms with Crippen LogP contribution < -0.4 is 10.9 Å². The molecular weight excluding hydrogens is 374 g/mol. The lowest BCUT2D eigenvalue weighted by Gasteiger charge is -2.32. The van der Waals surface area contributed by atoms with Crippen molar-refractivity contribution in [1.29, 1.82) is 0 Å². The summed E-state index contributed by atoms with van der Waals surface area (Å²) in [5.41, 5.74) is -0.0413. The molecule has 0 saturated carbocycles. The fourth-order valence-electron chi connectivity index (χ4n) is 3.58. The van der Waals surface area contributed by atoms with E-state index in [-0.39, 0.29) is 35.5 Å². The topological polar surface area (TPSA) is 110 Å². The van der Waals surface area contributed by atoms with Crippen molar-refractivity contribution >= 4 is 22.6 Å². The van der Waals surface area contributed by atoms with Crippen LogP contribution in [0, 0.1) is 5.92 Å². The Bertz CT molecular complexity index is 1080. The molecule has 3 heterocycles. The maximum Gasteiger partial charge on any atom is 0.275 e. The Labute approximate surface area is 166 Å². The molecule has 1 fully saturated rings. The minimum absolute atomic E-state index is 0.0955. The number of hydrogen-bond acceptors (Lipinski definition) is 6. The van der Waals surface area contributed by atoms with Crippen LogP contribution in [0.25, 0.3) is 10.8 Å². The van der Waals surface area contributed by atoms with Gasteiger partial charge in [-0.25, -0.2) is 4.68 Å². The number of carbonyl (C=O) groups is 2. The van der Waals surface area contributed by atoms with E-state index in [9.17, 15) is 14.4 Å². The van der Waals surface area contributed by atoms with E-state index in [4.69, 9.17) is 0 Å². The molecule has 2 amide bonds. The summed E-state index contributed by atoms with van der Waals surface area (Å²) in [5, 5.41) is 11.9. The largest absolute Gasteiger partial charge is 0.364 e. The van der Waals surface area contributed by atoms with Crippen molar-refractivity contribution in [3.8, 4) is 0 Å². The molecule has 0 spiro atoms. The number of piperidine rings is 1. The fraction of sp³-hybridized carbons (Fsp3) is 0.350. The van der Waals surface area contributed by atoms with Gasteiger partial charge in [0, 0.05) is 31.1 Å². The van der Waals surface area contributed by atoms with Gasteiger partial charge in [-0.3, -0.25) is 14.4 Å². The second kappa shape index (κ2) is 8.26. The number of aromatic nitrogens is 3. The molecule has 1 aromatic carbocycles. The van der Waals surface area contributed by atoms with Crippen molar-refractivity contribution in [2.45, 2.75) is 19.4 Å². The zero-order valence-electron chi connectivity index (χ0n) is 15.8. The molecule has 0 radical (unpaired) electrons. The summed E-state index contributed by atoms with van der Waals surface area (Å²) < 4.78 is 5.88. The molecule has 1 unspecified atom stereocenters. The Morgan fingerprint density at radius 1 is 1.24 bits per heavy atom. The van der Waals surface area contributed by atoms with Gasteiger partial charge in [0.2, 0.25) is 5.91 Å². The zero-order valence-corrected chi connectivity index (χ0v) is 15.8. The van der Waals surface area contributed by atoms with E-state index >= 15 is 0 Å². The second-order valence-corrected chi connectivity index (χ2v) is 7.14. The number of likely N-dealkylation sites (tertiary alicyclic amines) is 1. The lowest BCUT2D eigenvalue weighted by molar-refractivity contribution is -0.133. The first-order valence-corrected chi connectivity index (χ1v) is 9.53. The lowest BCUT2D eigenvalue weighted by atomic mass is 9.98. The SMILES string of the molecule is O=C(NCC1CCCN(C(=O)Cn2ncc3ccccc3c2=O)C1)c1ccon1. The van der Waals surface area contributed by atoms with Crippen LogP contribution in [-0.4, -0.2) is 51.3 Å². The maximum atomic E-state index is 12.7. The minimum atomic E-state index is -0.297. The summed E-state index contributed by atoms with van der Waals surface area (Å²) in [6, 6.07) is 8.68. The number of amides is 2. The van der Waals surface area contributed by atoms with Gasteiger partial charge >= 0.3 is 0 Å². The predicted molar refractivity (Wildman–Crippen MR) is 104 cm³/mol. The number of nitrogens with zero attached hydrogens (tertiary/aromatic N) is 4. The van der Waals surface area contributed by atoms with Gasteiger partial charge < -0.3 is 14.7 Å². The molecule has 1 atom stereocenters. The molecule has 0 aliphatic carbocycles. The highest BCUT2D eigenvalue weighted by atomic mass is 16.5. The Morgan fingerprint density at radius 2 is 2.10 bits per heavy atom. The smallest absolute Gasteiger partial charge is 0.275 e. The van der Waals surface area contributed by atoms with Gasteiger partial charge in [-0.2, -0.15) is 5.10 Å². The molecule has 1 N–H and O–H groups in total. The van der Waals surface area contributed by atoms with Crippen LogP contribution in [0.1, 0.15) is 23.3 Å². The molecule has 3 aromatic rings. The molecule has 9 heteroatoms. The average molecular weight is 395 g/mol. The number of fused-ring (bicyclic) bond motifs is 1. The highest BCUT2D eigenvalue weighted by Gasteiger charge is 2.25. The Balaban J connectivity index is 1.37. The van der Waals surface area contributed by atoms with Crippen LogP contribution in [0.3, 0.4) is 0 Å². The minimum Gasteiger partial charge on any atom is -0.364 e. The second-order valence-electron chi connectivity index (χ2n) is 7.14. The van der Waals surface area contributed by atoms with Crippen LogP contribution in [0.2, 0.25) is 0 Å². The number of carbonyl (C=O) groups excluding carboxylic acids is 2. The third kappa shape index (κ3) is 4.18. The zero-order chi connectivity index (χ0) is 20.2. The number of benzene rings is 1. The van der Waals surface area contributed by atoms with Gasteiger partial charge in [0.05, 0.1) is 11.6 Å². The Kier molecular flexibility index (Phi) is 5.37. The monoisotopic (exact) mass is 395 g/mol. The van der Waals surface area contributed by atoms with E-state index in [2.05, 4.69) is 20.1 Å². The van der Waals surface area contributed by atoms with Gasteiger partial charge in [0.15, 0.2) is 5.69 Å². The first-order valence-electron chi connectivity index (χ1n) is 9.53. The van der Waals surface area contributed by atoms with Crippen molar-refractivity contribution in [2.75, 3.05) is 19.6 Å². The molecule has 4 rings (SSSR count). The molecule has 1 aliphatic rings. The highest BCUT2D eigenvalue weighted by Crippen LogP contribution is 2.16. The predicted octanol–water partition coefficient (Wildman–Crippen LogP) is 1.05. The van der Waals surface area contributed by atoms with Crippen molar-refractivity contribution in [1.82, 2.24) is 25.2 Å². The third-order valence-electron chi connectivity index (χ3n) is 5.14. The van der Waals surface area contributed by atoms with E-state index in [1.807, 2.05) is 12.1 Å². The molecule has 2 aromatic heterocycles. The van der Waals surface area contributed by atoms with Crippen LogP contribution >= 0.6 is 0 Å². The molecule has 29 heavy (non-hydrogen) atoms. The normalized spacial score (nSPS) is 16.7. The van der Waals surface area contributed by atoms with Crippen molar-refractivity contribution < 1.29 is 14.1 Å². The van der Waals surface area contributed by atoms with Crippen LogP contribution in [0.15, 0.2) is 52.1 Å². The average Bonchev–Trinajstić information content (AvgIpc) is 3.29. The lowest BCUT2D eigenvalue weighted by Crippen LogP contribution is -2.45. The molecule has 1 aliphatic heterocycles. The first kappa shape index (κ1) is 18.9. The summed E-state index contributed by atoms with van der Waals surface area (Å²) in [6.45, 7) is 1.51. The van der Waals surface area contributed by atoms with Crippen LogP contribution in [0.5, 0.6) is 0 Å². The standard InChI is InChI=1S/C20H21N5O4/c26-18(13-25-20(28)16-6-2-1-5-15(16)11-22-25)24-8-3-4-14(12-24)10-21-19(27)17-7-9-29-23-17/h1-2,5-7,9,11,14H,3-4,8,10,12-13H2,(H,21,27). The van der Waals surface area contributed by atoms with Gasteiger partial charge in [-0.15, -0.1) is 0 Å². The van der Waals surface area contributed by atoms with Crippen molar-refractivity contribution in [2.24, 2.45) is 5.92 Å². The molecule has 150 valence electrons. The number of nitrogens with one attached hydrogen (secondary N) is 1. The summed E-state index contributed by atoms with van der Waals surface area (Å²) in [7, 11) is 0. The highest BCUT2D eigenvalue weighted by molar-refractivity contribution is 5.91. The third-order valence-corrected chi connectivity index (χ3v) is 5.14. The van der Waals surface area contributed by atoms with Gasteiger partial charge in [-0.05, 0) is 24.8 Å². The van der Waals surface area contributed by atoms with Crippen molar-refractivity contribution in [3.63, 3.8) is 0 Å². The Hall–Kier alpha value is -3.49. The van der Waals surface area contributed by atoms with E-state index in [1.165, 1.54) is 17.0 Å². The van der Waals surface area contributed by atoms with E-state index in [0.29, 0.717) is 25.0 Å². The number of rotatable bonds is 5. The molecular formula is C20H21N5O4. The van der Waals surface area contributed by atoms with E-state index in [0.717, 1.165) is 18.2 Å². The molecule has 1 saturated heterocycles. The van der Waals surface area contributed by atoms with E-state index < -0.39 is 0 Å². The van der Waals surface area contributed by atoms with Crippen molar-refractivity contribution in [3.05, 3.63) is 58.8 Å².